The lowest BCUT2D eigenvalue weighted by atomic mass is 9.57. The second-order valence-electron chi connectivity index (χ2n) is 13.2. The number of aromatic carboxylic acids is 1. The Morgan fingerprint density at radius 2 is 1.90 bits per heavy atom. The number of likely N-dealkylation sites (tertiary alicyclic amines) is 1. The zero-order valence-corrected chi connectivity index (χ0v) is 25.3. The van der Waals surface area contributed by atoms with Gasteiger partial charge in [-0.2, -0.15) is 0 Å². The van der Waals surface area contributed by atoms with Crippen molar-refractivity contribution in [1.29, 1.82) is 0 Å². The maximum atomic E-state index is 14.3. The zero-order chi connectivity index (χ0) is 30.1. The lowest BCUT2D eigenvalue weighted by Crippen LogP contribution is -2.58. The molecule has 8 nitrogen and oxygen atoms in total. The molecule has 4 atom stereocenters. The number of ether oxygens (including phenoxy) is 2. The number of carboxylic acids is 1. The van der Waals surface area contributed by atoms with Crippen LogP contribution in [0.1, 0.15) is 85.5 Å². The van der Waals surface area contributed by atoms with Gasteiger partial charge in [-0.05, 0) is 73.4 Å². The van der Waals surface area contributed by atoms with Gasteiger partial charge < -0.3 is 19.5 Å². The van der Waals surface area contributed by atoms with E-state index in [9.17, 15) is 19.5 Å². The van der Waals surface area contributed by atoms with Crippen molar-refractivity contribution >= 4 is 17.7 Å². The molecule has 0 bridgehead atoms. The molecule has 1 N–H and O–H groups in total. The summed E-state index contributed by atoms with van der Waals surface area (Å²) in [7, 11) is 3.47. The summed E-state index contributed by atoms with van der Waals surface area (Å²) in [6, 6.07) is 7.18. The number of carbonyl (C=O) groups is 3. The molecule has 1 aromatic heterocycles. The molecule has 0 unspecified atom stereocenters. The number of aryl methyl sites for hydroxylation is 1. The maximum absolute atomic E-state index is 14.3. The zero-order valence-electron chi connectivity index (χ0n) is 25.3. The first-order chi connectivity index (χ1) is 19.9. The van der Waals surface area contributed by atoms with Crippen LogP contribution >= 0.6 is 0 Å². The van der Waals surface area contributed by atoms with Crippen molar-refractivity contribution in [3.63, 3.8) is 0 Å². The number of methoxy groups -OCH3 is 1. The smallest absolute Gasteiger partial charge is 0.354 e. The number of fused-ring (bicyclic) bond motifs is 1. The standard InChI is InChI=1S/C34H40N2O6/c1-17(2)23-14-26-30(32(38)36(23)5)31(29-24(37)15-34(10-7-11-34)16-27(29)42-26)28-19(4)20(8-9-25(28)41-6)21-12-18(3)13-22(35-21)33(39)40/h8-9,12-13,17,23,26,30-31H,7,10-11,14-16H2,1-6H3,(H,39,40)/t23-,26-,30-,31-/m0/s1. The molecular weight excluding hydrogens is 532 g/mol. The first-order valence-electron chi connectivity index (χ1n) is 15.0. The molecule has 6 rings (SSSR count). The normalized spacial score (nSPS) is 26.5. The molecule has 4 aliphatic rings. The van der Waals surface area contributed by atoms with Crippen molar-refractivity contribution in [1.82, 2.24) is 9.88 Å². The van der Waals surface area contributed by atoms with Crippen LogP contribution < -0.4 is 4.74 Å². The number of carbonyl (C=O) groups excluding carboxylic acids is 2. The van der Waals surface area contributed by atoms with Crippen LogP contribution in [0.2, 0.25) is 0 Å². The van der Waals surface area contributed by atoms with Gasteiger partial charge in [-0.25, -0.2) is 9.78 Å². The van der Waals surface area contributed by atoms with Crippen LogP contribution in [0.15, 0.2) is 35.6 Å². The second-order valence-corrected chi connectivity index (χ2v) is 13.2. The van der Waals surface area contributed by atoms with E-state index < -0.39 is 17.8 Å². The predicted octanol–water partition coefficient (Wildman–Crippen LogP) is 5.84. The second kappa shape index (κ2) is 10.2. The molecule has 0 radical (unpaired) electrons. The van der Waals surface area contributed by atoms with E-state index in [0.29, 0.717) is 29.9 Å². The van der Waals surface area contributed by atoms with Gasteiger partial charge in [0.05, 0.1) is 18.7 Å². The Kier molecular flexibility index (Phi) is 6.94. The summed E-state index contributed by atoms with van der Waals surface area (Å²) >= 11 is 0. The molecule has 222 valence electrons. The molecular formula is C34H40N2O6. The minimum absolute atomic E-state index is 0.0214. The number of amides is 1. The number of allylic oxidation sites excluding steroid dienone is 2. The van der Waals surface area contributed by atoms with E-state index in [1.54, 1.807) is 13.2 Å². The van der Waals surface area contributed by atoms with E-state index in [-0.39, 0.29) is 40.9 Å². The Morgan fingerprint density at radius 1 is 1.17 bits per heavy atom. The van der Waals surface area contributed by atoms with Gasteiger partial charge >= 0.3 is 5.97 Å². The monoisotopic (exact) mass is 572 g/mol. The van der Waals surface area contributed by atoms with Crippen LogP contribution in [0.5, 0.6) is 5.75 Å². The lowest BCUT2D eigenvalue weighted by molar-refractivity contribution is -0.155. The van der Waals surface area contributed by atoms with Crippen LogP contribution in [-0.2, 0) is 14.3 Å². The van der Waals surface area contributed by atoms with Crippen molar-refractivity contribution < 1.29 is 29.0 Å². The average molecular weight is 573 g/mol. The van der Waals surface area contributed by atoms with Crippen molar-refractivity contribution in [3.05, 3.63) is 58.0 Å². The molecule has 2 aliphatic heterocycles. The highest BCUT2D eigenvalue weighted by Gasteiger charge is 2.56. The number of piperidine rings is 1. The lowest BCUT2D eigenvalue weighted by Gasteiger charge is -2.53. The summed E-state index contributed by atoms with van der Waals surface area (Å²) < 4.78 is 12.7. The molecule has 2 fully saturated rings. The van der Waals surface area contributed by atoms with Crippen LogP contribution in [0, 0.1) is 31.1 Å². The molecule has 2 aromatic rings. The summed E-state index contributed by atoms with van der Waals surface area (Å²) in [5.74, 6) is -0.554. The van der Waals surface area contributed by atoms with Gasteiger partial charge in [0.15, 0.2) is 5.78 Å². The molecule has 3 heterocycles. The maximum Gasteiger partial charge on any atom is 0.354 e. The molecule has 1 saturated carbocycles. The van der Waals surface area contributed by atoms with Crippen LogP contribution in [0.4, 0.5) is 0 Å². The van der Waals surface area contributed by atoms with E-state index >= 15 is 0 Å². The number of nitrogens with zero attached hydrogens (tertiary/aromatic N) is 2. The number of ketones is 1. The van der Waals surface area contributed by atoms with Crippen LogP contribution in [0.3, 0.4) is 0 Å². The number of aromatic nitrogens is 1. The Balaban J connectivity index is 1.57. The number of rotatable bonds is 5. The summed E-state index contributed by atoms with van der Waals surface area (Å²) in [6.45, 7) is 8.06. The minimum Gasteiger partial charge on any atom is -0.496 e. The fourth-order valence-electron chi connectivity index (χ4n) is 8.02. The number of benzene rings is 1. The van der Waals surface area contributed by atoms with Crippen LogP contribution in [-0.4, -0.2) is 59.0 Å². The van der Waals surface area contributed by atoms with E-state index in [2.05, 4.69) is 18.8 Å². The topological polar surface area (TPSA) is 106 Å². The van der Waals surface area contributed by atoms with Gasteiger partial charge in [-0.3, -0.25) is 9.59 Å². The summed E-state index contributed by atoms with van der Waals surface area (Å²) in [4.78, 5) is 46.5. The third-order valence-electron chi connectivity index (χ3n) is 10.3. The number of hydrogen-bond acceptors (Lipinski definition) is 6. The van der Waals surface area contributed by atoms with Crippen molar-refractivity contribution in [2.75, 3.05) is 14.2 Å². The predicted molar refractivity (Wildman–Crippen MR) is 157 cm³/mol. The number of carboxylic acid groups (broad SMARTS) is 1. The molecule has 1 aromatic carbocycles. The molecule has 1 saturated heterocycles. The molecule has 2 aliphatic carbocycles. The third kappa shape index (κ3) is 4.41. The fraction of sp³-hybridized carbons (Fsp3) is 0.529. The van der Waals surface area contributed by atoms with Crippen molar-refractivity contribution in [3.8, 4) is 17.0 Å². The third-order valence-corrected chi connectivity index (χ3v) is 10.3. The molecule has 1 spiro atoms. The first-order valence-corrected chi connectivity index (χ1v) is 15.0. The first kappa shape index (κ1) is 28.4. The van der Waals surface area contributed by atoms with Gasteiger partial charge in [-0.1, -0.05) is 20.3 Å². The van der Waals surface area contributed by atoms with Gasteiger partial charge in [0.2, 0.25) is 5.91 Å². The minimum atomic E-state index is -1.10. The fourth-order valence-corrected chi connectivity index (χ4v) is 8.02. The Labute approximate surface area is 247 Å². The molecule has 8 heteroatoms. The van der Waals surface area contributed by atoms with E-state index in [1.165, 1.54) is 0 Å². The van der Waals surface area contributed by atoms with Crippen molar-refractivity contribution in [2.24, 2.45) is 17.3 Å². The van der Waals surface area contributed by atoms with Crippen molar-refractivity contribution in [2.45, 2.75) is 84.3 Å². The molecule has 1 amide bonds. The summed E-state index contributed by atoms with van der Waals surface area (Å²) in [5, 5.41) is 9.68. The Hall–Kier alpha value is -3.68. The highest BCUT2D eigenvalue weighted by atomic mass is 16.5. The Morgan fingerprint density at radius 3 is 2.52 bits per heavy atom. The number of hydrogen-bond donors (Lipinski definition) is 1. The SMILES string of the molecule is COc1ccc(-c2cc(C)cc(C(=O)O)n2)c(C)c1[C@H]1C2=C(CC3(CCC3)CC2=O)O[C@H]2C[C@@H](C(C)C)N(C)C(=O)[C@@H]21. The number of Topliss-reactive ketones (excluding diaryl/α,β-unsaturated/α-hetero) is 1. The van der Waals surface area contributed by atoms with E-state index in [1.807, 2.05) is 44.0 Å². The highest BCUT2D eigenvalue weighted by Crippen LogP contribution is 2.59. The van der Waals surface area contributed by atoms with Gasteiger partial charge in [0.1, 0.15) is 23.3 Å². The van der Waals surface area contributed by atoms with Crippen LogP contribution in [0.25, 0.3) is 11.3 Å². The summed E-state index contributed by atoms with van der Waals surface area (Å²) in [5.41, 5.74) is 4.21. The Bertz CT molecular complexity index is 1520. The van der Waals surface area contributed by atoms with E-state index in [0.717, 1.165) is 53.7 Å². The highest BCUT2D eigenvalue weighted by molar-refractivity contribution is 6.01. The summed E-state index contributed by atoms with van der Waals surface area (Å²) in [6.07, 6.45) is 4.73. The largest absolute Gasteiger partial charge is 0.496 e. The number of pyridine rings is 1. The molecule has 42 heavy (non-hydrogen) atoms. The van der Waals surface area contributed by atoms with Gasteiger partial charge in [0.25, 0.3) is 0 Å². The van der Waals surface area contributed by atoms with Gasteiger partial charge in [-0.15, -0.1) is 0 Å². The van der Waals surface area contributed by atoms with Gasteiger partial charge in [0, 0.05) is 55.0 Å². The van der Waals surface area contributed by atoms with E-state index in [4.69, 9.17) is 9.47 Å². The quantitative estimate of drug-likeness (QED) is 0.479. The average Bonchev–Trinajstić information content (AvgIpc) is 2.92.